The fourth-order valence-electron chi connectivity index (χ4n) is 3.48. The number of carbonyl (C=O) groups is 1. The number of nitrogens with one attached hydrogen (secondary N) is 1. The normalized spacial score (nSPS) is 16.1. The van der Waals surface area contributed by atoms with Gasteiger partial charge in [0.05, 0.1) is 19.9 Å². The average molecular weight is 421 g/mol. The molecule has 1 aliphatic rings. The second kappa shape index (κ2) is 9.00. The predicted octanol–water partition coefficient (Wildman–Crippen LogP) is 3.13. The van der Waals surface area contributed by atoms with Gasteiger partial charge in [-0.1, -0.05) is 19.9 Å². The van der Waals surface area contributed by atoms with E-state index in [-0.39, 0.29) is 22.6 Å². The number of hydrogen-bond donors (Lipinski definition) is 1. The Morgan fingerprint density at radius 2 is 2.00 bits per heavy atom. The second-order valence-electron chi connectivity index (χ2n) is 7.54. The SMILES string of the molecule is COc1ccc(C(C)C)cc1S(=O)(=O)N1CCC(C(=O)NCc2ccco2)CC1. The lowest BCUT2D eigenvalue weighted by Crippen LogP contribution is -2.42. The van der Waals surface area contributed by atoms with E-state index in [0.29, 0.717) is 44.0 Å². The van der Waals surface area contributed by atoms with Crippen LogP contribution in [-0.4, -0.2) is 38.8 Å². The first-order chi connectivity index (χ1) is 13.8. The number of rotatable bonds is 7. The number of hydrogen-bond acceptors (Lipinski definition) is 5. The molecular weight excluding hydrogens is 392 g/mol. The number of sulfonamides is 1. The van der Waals surface area contributed by atoms with Crippen molar-refractivity contribution in [2.75, 3.05) is 20.2 Å². The highest BCUT2D eigenvalue weighted by Crippen LogP contribution is 2.32. The topological polar surface area (TPSA) is 88.9 Å². The van der Waals surface area contributed by atoms with E-state index in [2.05, 4.69) is 5.32 Å². The van der Waals surface area contributed by atoms with Crippen molar-refractivity contribution in [3.8, 4) is 5.75 Å². The number of piperidine rings is 1. The number of carbonyl (C=O) groups excluding carboxylic acids is 1. The van der Waals surface area contributed by atoms with Crippen molar-refractivity contribution in [1.82, 2.24) is 9.62 Å². The molecule has 8 heteroatoms. The minimum atomic E-state index is -3.70. The van der Waals surface area contributed by atoms with Gasteiger partial charge in [0.25, 0.3) is 0 Å². The van der Waals surface area contributed by atoms with Crippen LogP contribution < -0.4 is 10.1 Å². The van der Waals surface area contributed by atoms with E-state index < -0.39 is 10.0 Å². The smallest absolute Gasteiger partial charge is 0.246 e. The van der Waals surface area contributed by atoms with Crippen LogP contribution in [0.1, 0.15) is 43.9 Å². The lowest BCUT2D eigenvalue weighted by molar-refractivity contribution is -0.126. The molecule has 0 unspecified atom stereocenters. The van der Waals surface area contributed by atoms with Crippen LogP contribution in [0.15, 0.2) is 45.9 Å². The third-order valence-electron chi connectivity index (χ3n) is 5.31. The first-order valence-electron chi connectivity index (χ1n) is 9.81. The molecule has 0 atom stereocenters. The van der Waals surface area contributed by atoms with Crippen molar-refractivity contribution in [3.05, 3.63) is 47.9 Å². The third-order valence-corrected chi connectivity index (χ3v) is 7.23. The Balaban J connectivity index is 1.66. The Bertz CT molecular complexity index is 930. The zero-order valence-electron chi connectivity index (χ0n) is 17.1. The summed E-state index contributed by atoms with van der Waals surface area (Å²) in [5.41, 5.74) is 0.941. The summed E-state index contributed by atoms with van der Waals surface area (Å²) in [6, 6.07) is 8.86. The number of nitrogens with zero attached hydrogens (tertiary/aromatic N) is 1. The summed E-state index contributed by atoms with van der Waals surface area (Å²) in [7, 11) is -2.22. The zero-order valence-corrected chi connectivity index (χ0v) is 17.9. The highest BCUT2D eigenvalue weighted by Gasteiger charge is 2.34. The maximum absolute atomic E-state index is 13.2. The van der Waals surface area contributed by atoms with Gasteiger partial charge in [0, 0.05) is 19.0 Å². The molecule has 1 aliphatic heterocycles. The second-order valence-corrected chi connectivity index (χ2v) is 9.45. The Kier molecular flexibility index (Phi) is 6.64. The molecule has 0 saturated carbocycles. The van der Waals surface area contributed by atoms with Crippen LogP contribution >= 0.6 is 0 Å². The molecule has 1 fully saturated rings. The van der Waals surface area contributed by atoms with Crippen molar-refractivity contribution < 1.29 is 22.4 Å². The van der Waals surface area contributed by atoms with E-state index in [1.54, 1.807) is 30.5 Å². The molecule has 2 aromatic rings. The molecule has 29 heavy (non-hydrogen) atoms. The fraction of sp³-hybridized carbons (Fsp3) is 0.476. The quantitative estimate of drug-likeness (QED) is 0.743. The van der Waals surface area contributed by atoms with Crippen molar-refractivity contribution in [1.29, 1.82) is 0 Å². The number of benzene rings is 1. The molecule has 3 rings (SSSR count). The van der Waals surface area contributed by atoms with Gasteiger partial charge < -0.3 is 14.5 Å². The van der Waals surface area contributed by atoms with Gasteiger partial charge in [0.1, 0.15) is 16.4 Å². The van der Waals surface area contributed by atoms with Gasteiger partial charge in [-0.15, -0.1) is 0 Å². The monoisotopic (exact) mass is 420 g/mol. The largest absolute Gasteiger partial charge is 0.495 e. The summed E-state index contributed by atoms with van der Waals surface area (Å²) in [6.07, 6.45) is 2.53. The Labute approximate surface area is 172 Å². The standard InChI is InChI=1S/C21H28N2O5S/c1-15(2)17-6-7-19(27-3)20(13-17)29(25,26)23-10-8-16(9-11-23)21(24)22-14-18-5-4-12-28-18/h4-7,12-13,15-16H,8-11,14H2,1-3H3,(H,22,24). The molecule has 0 bridgehead atoms. The van der Waals surface area contributed by atoms with Crippen LogP contribution in [0.4, 0.5) is 0 Å². The summed E-state index contributed by atoms with van der Waals surface area (Å²) in [5.74, 6) is 0.958. The van der Waals surface area contributed by atoms with E-state index >= 15 is 0 Å². The summed E-state index contributed by atoms with van der Waals surface area (Å²) in [5, 5.41) is 2.86. The van der Waals surface area contributed by atoms with E-state index in [9.17, 15) is 13.2 Å². The van der Waals surface area contributed by atoms with Gasteiger partial charge in [-0.3, -0.25) is 4.79 Å². The van der Waals surface area contributed by atoms with Gasteiger partial charge in [0.15, 0.2) is 0 Å². The Hall–Kier alpha value is -2.32. The van der Waals surface area contributed by atoms with E-state index in [0.717, 1.165) is 5.56 Å². The van der Waals surface area contributed by atoms with Crippen LogP contribution in [0.3, 0.4) is 0 Å². The summed E-state index contributed by atoms with van der Waals surface area (Å²) in [6.45, 7) is 4.98. The maximum atomic E-state index is 13.2. The van der Waals surface area contributed by atoms with Gasteiger partial charge in [-0.25, -0.2) is 8.42 Å². The molecule has 1 aromatic carbocycles. The molecule has 0 aliphatic carbocycles. The third kappa shape index (κ3) is 4.82. The van der Waals surface area contributed by atoms with Crippen molar-refractivity contribution >= 4 is 15.9 Å². The van der Waals surface area contributed by atoms with Gasteiger partial charge in [0.2, 0.25) is 15.9 Å². The Morgan fingerprint density at radius 3 is 2.59 bits per heavy atom. The molecule has 2 heterocycles. The number of ether oxygens (including phenoxy) is 1. The predicted molar refractivity (Wildman–Crippen MR) is 109 cm³/mol. The molecular formula is C21H28N2O5S. The van der Waals surface area contributed by atoms with Crippen molar-refractivity contribution in [2.45, 2.75) is 44.0 Å². The number of amides is 1. The zero-order chi connectivity index (χ0) is 21.0. The molecule has 1 aromatic heterocycles. The molecule has 1 saturated heterocycles. The molecule has 0 spiro atoms. The van der Waals surface area contributed by atoms with Crippen molar-refractivity contribution in [3.63, 3.8) is 0 Å². The minimum absolute atomic E-state index is 0.0715. The first kappa shape index (κ1) is 21.4. The van der Waals surface area contributed by atoms with Gasteiger partial charge in [-0.05, 0) is 48.6 Å². The Morgan fingerprint density at radius 1 is 1.28 bits per heavy atom. The van der Waals surface area contributed by atoms with Crippen LogP contribution in [-0.2, 0) is 21.4 Å². The summed E-state index contributed by atoms with van der Waals surface area (Å²) < 4.78 is 38.4. The lowest BCUT2D eigenvalue weighted by atomic mass is 9.97. The van der Waals surface area contributed by atoms with Crippen LogP contribution in [0, 0.1) is 5.92 Å². The maximum Gasteiger partial charge on any atom is 0.246 e. The first-order valence-corrected chi connectivity index (χ1v) is 11.2. The highest BCUT2D eigenvalue weighted by atomic mass is 32.2. The molecule has 7 nitrogen and oxygen atoms in total. The fourth-order valence-corrected chi connectivity index (χ4v) is 5.14. The average Bonchev–Trinajstić information content (AvgIpc) is 3.25. The lowest BCUT2D eigenvalue weighted by Gasteiger charge is -2.31. The van der Waals surface area contributed by atoms with Crippen molar-refractivity contribution in [2.24, 2.45) is 5.92 Å². The van der Waals surface area contributed by atoms with Gasteiger partial charge in [-0.2, -0.15) is 4.31 Å². The van der Waals surface area contributed by atoms with Crippen LogP contribution in [0.5, 0.6) is 5.75 Å². The molecule has 1 amide bonds. The minimum Gasteiger partial charge on any atom is -0.495 e. The van der Waals surface area contributed by atoms with Crippen LogP contribution in [0.25, 0.3) is 0 Å². The highest BCUT2D eigenvalue weighted by molar-refractivity contribution is 7.89. The summed E-state index contributed by atoms with van der Waals surface area (Å²) in [4.78, 5) is 12.6. The summed E-state index contributed by atoms with van der Waals surface area (Å²) >= 11 is 0. The number of methoxy groups -OCH3 is 1. The molecule has 1 N–H and O–H groups in total. The van der Waals surface area contributed by atoms with E-state index in [1.807, 2.05) is 19.9 Å². The number of furan rings is 1. The molecule has 0 radical (unpaired) electrons. The van der Waals surface area contributed by atoms with Crippen LogP contribution in [0.2, 0.25) is 0 Å². The van der Waals surface area contributed by atoms with Gasteiger partial charge >= 0.3 is 0 Å². The molecule has 158 valence electrons. The van der Waals surface area contributed by atoms with E-state index in [4.69, 9.17) is 9.15 Å². The van der Waals surface area contributed by atoms with E-state index in [1.165, 1.54) is 11.4 Å².